The highest BCUT2D eigenvalue weighted by Crippen LogP contribution is 2.42. The topological polar surface area (TPSA) is 72.9 Å². The lowest BCUT2D eigenvalue weighted by Gasteiger charge is -2.40. The Morgan fingerprint density at radius 2 is 1.84 bits per heavy atom. The molecule has 3 atom stereocenters. The molecule has 1 heterocycles. The number of amides is 1. The summed E-state index contributed by atoms with van der Waals surface area (Å²) < 4.78 is 11.4. The third-order valence-electron chi connectivity index (χ3n) is 5.82. The van der Waals surface area contributed by atoms with E-state index in [-0.39, 0.29) is 35.4 Å². The van der Waals surface area contributed by atoms with E-state index in [1.807, 2.05) is 0 Å². The molecule has 1 saturated heterocycles. The van der Waals surface area contributed by atoms with E-state index in [4.69, 9.17) is 9.16 Å². The Morgan fingerprint density at radius 1 is 1.24 bits per heavy atom. The number of rotatable bonds is 6. The maximum Gasteiger partial charge on any atom is 0.328 e. The first-order chi connectivity index (χ1) is 11.5. The van der Waals surface area contributed by atoms with Crippen LogP contribution in [-0.2, 0) is 23.5 Å². The van der Waals surface area contributed by atoms with E-state index in [1.54, 1.807) is 4.90 Å². The summed E-state index contributed by atoms with van der Waals surface area (Å²) in [5.41, 5.74) is 0. The van der Waals surface area contributed by atoms with E-state index in [1.165, 1.54) is 7.11 Å². The second-order valence-corrected chi connectivity index (χ2v) is 13.4. The quantitative estimate of drug-likeness (QED) is 0.409. The summed E-state index contributed by atoms with van der Waals surface area (Å²) in [5.74, 6) is -0.484. The van der Waals surface area contributed by atoms with Crippen molar-refractivity contribution in [2.24, 2.45) is 5.92 Å². The third-order valence-corrected chi connectivity index (χ3v) is 10.3. The standard InChI is InChI=1S/C18H31NO5Si/c1-18(2,3)25(5,6)24-15-11-14(17(22)23-4)19(13(15)9-10-20)16(21)12-7-8-12/h10,12-15H,7-9,11H2,1-6H3/t13-,14-,15+/m1/s1. The number of carbonyl (C=O) groups is 3. The van der Waals surface area contributed by atoms with Crippen LogP contribution in [0.5, 0.6) is 0 Å². The molecule has 1 aliphatic heterocycles. The van der Waals surface area contributed by atoms with Gasteiger partial charge in [-0.1, -0.05) is 20.8 Å². The SMILES string of the molecule is COC(=O)[C@H]1C[C@H](O[Si](C)(C)C(C)(C)C)[C@@H](CC=O)N1C(=O)C1CC1. The molecule has 7 heteroatoms. The lowest BCUT2D eigenvalue weighted by atomic mass is 10.1. The van der Waals surface area contributed by atoms with Crippen LogP contribution in [-0.4, -0.2) is 56.7 Å². The van der Waals surface area contributed by atoms with Crippen molar-refractivity contribution in [2.45, 2.75) is 82.8 Å². The first kappa shape index (κ1) is 20.1. The van der Waals surface area contributed by atoms with Gasteiger partial charge in [0.25, 0.3) is 0 Å². The van der Waals surface area contributed by atoms with Crippen molar-refractivity contribution in [3.63, 3.8) is 0 Å². The first-order valence-corrected chi connectivity index (χ1v) is 12.0. The number of esters is 1. The van der Waals surface area contributed by atoms with Gasteiger partial charge in [0.15, 0.2) is 8.32 Å². The average Bonchev–Trinajstić information content (AvgIpc) is 3.30. The largest absolute Gasteiger partial charge is 0.467 e. The summed E-state index contributed by atoms with van der Waals surface area (Å²) in [5, 5.41) is 0.00735. The minimum atomic E-state index is -2.10. The van der Waals surface area contributed by atoms with Gasteiger partial charge in [0.05, 0.1) is 19.3 Å². The average molecular weight is 370 g/mol. The zero-order chi connectivity index (χ0) is 19.0. The molecular formula is C18H31NO5Si. The Hall–Kier alpha value is -1.21. The van der Waals surface area contributed by atoms with Crippen molar-refractivity contribution >= 4 is 26.5 Å². The van der Waals surface area contributed by atoms with Gasteiger partial charge in [0.2, 0.25) is 5.91 Å². The van der Waals surface area contributed by atoms with Crippen molar-refractivity contribution < 1.29 is 23.5 Å². The van der Waals surface area contributed by atoms with Gasteiger partial charge >= 0.3 is 5.97 Å². The molecule has 0 spiro atoms. The molecule has 0 N–H and O–H groups in total. The molecule has 25 heavy (non-hydrogen) atoms. The van der Waals surface area contributed by atoms with Gasteiger partial charge in [-0.15, -0.1) is 0 Å². The molecule has 0 unspecified atom stereocenters. The zero-order valence-corrected chi connectivity index (χ0v) is 17.2. The molecule has 142 valence electrons. The summed E-state index contributed by atoms with van der Waals surface area (Å²) in [6, 6.07) is -1.04. The Balaban J connectivity index is 2.31. The number of methoxy groups -OCH3 is 1. The van der Waals surface area contributed by atoms with Crippen molar-refractivity contribution in [1.82, 2.24) is 4.90 Å². The van der Waals surface area contributed by atoms with E-state index in [2.05, 4.69) is 33.9 Å². The van der Waals surface area contributed by atoms with Crippen LogP contribution in [0.15, 0.2) is 0 Å². The van der Waals surface area contributed by atoms with Gasteiger partial charge in [0, 0.05) is 18.8 Å². The Bertz CT molecular complexity index is 538. The first-order valence-electron chi connectivity index (χ1n) is 9.05. The summed E-state index contributed by atoms with van der Waals surface area (Å²) in [7, 11) is -0.765. The minimum Gasteiger partial charge on any atom is -0.467 e. The molecule has 6 nitrogen and oxygen atoms in total. The molecule has 1 amide bonds. The van der Waals surface area contributed by atoms with Crippen molar-refractivity contribution in [2.75, 3.05) is 7.11 Å². The van der Waals surface area contributed by atoms with Crippen LogP contribution in [0.3, 0.4) is 0 Å². The molecule has 1 aliphatic carbocycles. The van der Waals surface area contributed by atoms with Crippen molar-refractivity contribution in [3.05, 3.63) is 0 Å². The molecule has 0 aromatic rings. The van der Waals surface area contributed by atoms with Gasteiger partial charge in [-0.2, -0.15) is 0 Å². The van der Waals surface area contributed by atoms with Crippen molar-refractivity contribution in [3.8, 4) is 0 Å². The Labute approximate surface area is 151 Å². The number of aldehydes is 1. The van der Waals surface area contributed by atoms with Crippen LogP contribution in [0.2, 0.25) is 18.1 Å². The normalized spacial score (nSPS) is 27.3. The van der Waals surface area contributed by atoms with E-state index >= 15 is 0 Å². The highest BCUT2D eigenvalue weighted by Gasteiger charge is 2.53. The van der Waals surface area contributed by atoms with Crippen LogP contribution in [0, 0.1) is 5.92 Å². The third kappa shape index (κ3) is 4.14. The molecule has 0 bridgehead atoms. The fourth-order valence-electron chi connectivity index (χ4n) is 3.15. The van der Waals surface area contributed by atoms with Gasteiger partial charge in [-0.25, -0.2) is 4.79 Å². The second kappa shape index (κ2) is 7.19. The van der Waals surface area contributed by atoms with Gasteiger partial charge in [-0.3, -0.25) is 4.79 Å². The number of hydrogen-bond acceptors (Lipinski definition) is 5. The van der Waals surface area contributed by atoms with Crippen LogP contribution >= 0.6 is 0 Å². The molecule has 2 rings (SSSR count). The van der Waals surface area contributed by atoms with Crippen LogP contribution in [0.4, 0.5) is 0 Å². The fourth-order valence-corrected chi connectivity index (χ4v) is 4.51. The number of nitrogens with zero attached hydrogens (tertiary/aromatic N) is 1. The molecule has 0 aromatic carbocycles. The lowest BCUT2D eigenvalue weighted by molar-refractivity contribution is -0.153. The van der Waals surface area contributed by atoms with Crippen LogP contribution in [0.1, 0.15) is 46.5 Å². The monoisotopic (exact) mass is 369 g/mol. The predicted octanol–water partition coefficient (Wildman–Crippen LogP) is 2.52. The van der Waals surface area contributed by atoms with E-state index in [9.17, 15) is 14.4 Å². The fraction of sp³-hybridized carbons (Fsp3) is 0.833. The molecule has 0 radical (unpaired) electrons. The molecular weight excluding hydrogens is 338 g/mol. The molecule has 0 aromatic heterocycles. The number of ether oxygens (including phenoxy) is 1. The highest BCUT2D eigenvalue weighted by atomic mass is 28.4. The summed E-state index contributed by atoms with van der Waals surface area (Å²) in [6.07, 6.45) is 2.80. The Morgan fingerprint density at radius 3 is 2.28 bits per heavy atom. The maximum atomic E-state index is 12.8. The number of carbonyl (C=O) groups excluding carboxylic acids is 3. The summed E-state index contributed by atoms with van der Waals surface area (Å²) in [6.45, 7) is 10.7. The van der Waals surface area contributed by atoms with E-state index in [0.717, 1.165) is 19.1 Å². The smallest absolute Gasteiger partial charge is 0.328 e. The van der Waals surface area contributed by atoms with Gasteiger partial charge in [0.1, 0.15) is 12.3 Å². The maximum absolute atomic E-state index is 12.8. The van der Waals surface area contributed by atoms with Gasteiger partial charge < -0.3 is 18.9 Å². The highest BCUT2D eigenvalue weighted by molar-refractivity contribution is 6.74. The van der Waals surface area contributed by atoms with Crippen LogP contribution < -0.4 is 0 Å². The molecule has 2 aliphatic rings. The van der Waals surface area contributed by atoms with E-state index < -0.39 is 20.3 Å². The zero-order valence-electron chi connectivity index (χ0n) is 16.2. The Kier molecular flexibility index (Phi) is 5.78. The van der Waals surface area contributed by atoms with Gasteiger partial charge in [-0.05, 0) is 31.0 Å². The minimum absolute atomic E-state index is 0.00735. The second-order valence-electron chi connectivity index (χ2n) is 8.68. The molecule has 1 saturated carbocycles. The van der Waals surface area contributed by atoms with E-state index in [0.29, 0.717) is 6.42 Å². The lowest BCUT2D eigenvalue weighted by Crippen LogP contribution is -2.50. The summed E-state index contributed by atoms with van der Waals surface area (Å²) in [4.78, 5) is 37.9. The number of likely N-dealkylation sites (tertiary alicyclic amines) is 1. The predicted molar refractivity (Wildman–Crippen MR) is 96.5 cm³/mol. The number of hydrogen-bond donors (Lipinski definition) is 0. The molecule has 2 fully saturated rings. The van der Waals surface area contributed by atoms with Crippen LogP contribution in [0.25, 0.3) is 0 Å². The van der Waals surface area contributed by atoms with Crippen molar-refractivity contribution in [1.29, 1.82) is 0 Å². The summed E-state index contributed by atoms with van der Waals surface area (Å²) >= 11 is 0.